The molecule has 0 amide bonds. The Labute approximate surface area is 112 Å². The summed E-state index contributed by atoms with van der Waals surface area (Å²) >= 11 is 0. The Morgan fingerprint density at radius 3 is 3.05 bits per heavy atom. The molecule has 1 aromatic rings. The molecule has 0 spiro atoms. The van der Waals surface area contributed by atoms with Crippen molar-refractivity contribution in [3.8, 4) is 0 Å². The van der Waals surface area contributed by atoms with E-state index in [9.17, 15) is 9.50 Å². The molecule has 2 atom stereocenters. The molecular formula is C14H20FNO3. The van der Waals surface area contributed by atoms with E-state index >= 15 is 0 Å². The van der Waals surface area contributed by atoms with Crippen molar-refractivity contribution in [2.45, 2.75) is 25.0 Å². The minimum Gasteiger partial charge on any atom is -0.389 e. The van der Waals surface area contributed by atoms with Crippen LogP contribution in [0.3, 0.4) is 0 Å². The van der Waals surface area contributed by atoms with Crippen molar-refractivity contribution in [2.75, 3.05) is 31.7 Å². The fourth-order valence-electron chi connectivity index (χ4n) is 2.00. The molecule has 1 fully saturated rings. The first-order valence-corrected chi connectivity index (χ1v) is 6.61. The molecule has 4 nitrogen and oxygen atoms in total. The SMILES string of the molecule is OC(CNc1ccccc1F)COCC1CCCO1. The molecule has 1 aliphatic rings. The van der Waals surface area contributed by atoms with E-state index in [0.29, 0.717) is 12.3 Å². The maximum absolute atomic E-state index is 13.3. The number of para-hydroxylation sites is 1. The van der Waals surface area contributed by atoms with Crippen LogP contribution in [-0.4, -0.2) is 43.7 Å². The molecule has 1 aromatic carbocycles. The quantitative estimate of drug-likeness (QED) is 0.792. The van der Waals surface area contributed by atoms with Crippen molar-refractivity contribution in [1.29, 1.82) is 0 Å². The molecule has 0 aliphatic carbocycles. The highest BCUT2D eigenvalue weighted by atomic mass is 19.1. The van der Waals surface area contributed by atoms with Crippen molar-refractivity contribution >= 4 is 5.69 Å². The van der Waals surface area contributed by atoms with Crippen LogP contribution in [-0.2, 0) is 9.47 Å². The predicted molar refractivity (Wildman–Crippen MR) is 70.7 cm³/mol. The van der Waals surface area contributed by atoms with Crippen LogP contribution < -0.4 is 5.32 Å². The van der Waals surface area contributed by atoms with Crippen LogP contribution >= 0.6 is 0 Å². The van der Waals surface area contributed by atoms with E-state index in [1.165, 1.54) is 6.07 Å². The van der Waals surface area contributed by atoms with Gasteiger partial charge in [-0.05, 0) is 25.0 Å². The molecule has 0 bridgehead atoms. The van der Waals surface area contributed by atoms with E-state index in [1.807, 2.05) is 0 Å². The topological polar surface area (TPSA) is 50.7 Å². The second kappa shape index (κ2) is 7.43. The Balaban J connectivity index is 1.61. The van der Waals surface area contributed by atoms with Crippen LogP contribution in [0, 0.1) is 5.82 Å². The van der Waals surface area contributed by atoms with Gasteiger partial charge in [0.2, 0.25) is 0 Å². The summed E-state index contributed by atoms with van der Waals surface area (Å²) in [6, 6.07) is 6.38. The minimum atomic E-state index is -0.666. The van der Waals surface area contributed by atoms with Gasteiger partial charge in [-0.2, -0.15) is 0 Å². The zero-order valence-electron chi connectivity index (χ0n) is 10.8. The molecule has 1 aliphatic heterocycles. The van der Waals surface area contributed by atoms with Crippen LogP contribution in [0.2, 0.25) is 0 Å². The van der Waals surface area contributed by atoms with E-state index in [1.54, 1.807) is 18.2 Å². The Morgan fingerprint density at radius 2 is 2.32 bits per heavy atom. The number of halogens is 1. The van der Waals surface area contributed by atoms with Gasteiger partial charge in [-0.25, -0.2) is 4.39 Å². The molecule has 106 valence electrons. The lowest BCUT2D eigenvalue weighted by atomic mass is 10.2. The lowest BCUT2D eigenvalue weighted by Gasteiger charge is -2.15. The average Bonchev–Trinajstić information content (AvgIpc) is 2.91. The molecule has 1 saturated heterocycles. The molecule has 1 heterocycles. The molecular weight excluding hydrogens is 249 g/mol. The third kappa shape index (κ3) is 4.78. The summed E-state index contributed by atoms with van der Waals surface area (Å²) in [5.41, 5.74) is 0.390. The number of hydrogen-bond donors (Lipinski definition) is 2. The van der Waals surface area contributed by atoms with Crippen molar-refractivity contribution in [2.24, 2.45) is 0 Å². The van der Waals surface area contributed by atoms with E-state index in [4.69, 9.17) is 9.47 Å². The Morgan fingerprint density at radius 1 is 1.47 bits per heavy atom. The number of anilines is 1. The summed E-state index contributed by atoms with van der Waals surface area (Å²) in [6.45, 7) is 1.79. The summed E-state index contributed by atoms with van der Waals surface area (Å²) in [7, 11) is 0. The van der Waals surface area contributed by atoms with Crippen molar-refractivity contribution in [3.05, 3.63) is 30.1 Å². The Bertz CT molecular complexity index is 383. The van der Waals surface area contributed by atoms with Crippen molar-refractivity contribution < 1.29 is 19.0 Å². The maximum atomic E-state index is 13.3. The van der Waals surface area contributed by atoms with Crippen LogP contribution in [0.1, 0.15) is 12.8 Å². The molecule has 0 radical (unpaired) electrons. The van der Waals surface area contributed by atoms with Crippen molar-refractivity contribution in [3.63, 3.8) is 0 Å². The summed E-state index contributed by atoms with van der Waals surface area (Å²) < 4.78 is 24.1. The third-order valence-corrected chi connectivity index (χ3v) is 3.04. The summed E-state index contributed by atoms with van der Waals surface area (Å²) in [5, 5.41) is 12.6. The number of ether oxygens (including phenoxy) is 2. The largest absolute Gasteiger partial charge is 0.389 e. The first-order chi connectivity index (χ1) is 9.25. The monoisotopic (exact) mass is 269 g/mol. The van der Waals surface area contributed by atoms with Crippen LogP contribution in [0.5, 0.6) is 0 Å². The standard InChI is InChI=1S/C14H20FNO3/c15-13-5-1-2-6-14(13)16-8-11(17)9-18-10-12-4-3-7-19-12/h1-2,5-6,11-12,16-17H,3-4,7-10H2. The normalized spacial score (nSPS) is 20.4. The highest BCUT2D eigenvalue weighted by molar-refractivity contribution is 5.44. The van der Waals surface area contributed by atoms with Gasteiger partial charge in [0, 0.05) is 13.2 Å². The zero-order valence-corrected chi connectivity index (χ0v) is 10.8. The fourth-order valence-corrected chi connectivity index (χ4v) is 2.00. The number of aliphatic hydroxyl groups excluding tert-OH is 1. The van der Waals surface area contributed by atoms with Gasteiger partial charge in [-0.1, -0.05) is 12.1 Å². The zero-order chi connectivity index (χ0) is 13.5. The van der Waals surface area contributed by atoms with Gasteiger partial charge in [-0.15, -0.1) is 0 Å². The third-order valence-electron chi connectivity index (χ3n) is 3.04. The van der Waals surface area contributed by atoms with E-state index < -0.39 is 6.10 Å². The van der Waals surface area contributed by atoms with Gasteiger partial charge >= 0.3 is 0 Å². The van der Waals surface area contributed by atoms with Gasteiger partial charge in [-0.3, -0.25) is 0 Å². The summed E-state index contributed by atoms with van der Waals surface area (Å²) in [4.78, 5) is 0. The van der Waals surface area contributed by atoms with Gasteiger partial charge in [0.15, 0.2) is 0 Å². The second-order valence-electron chi connectivity index (χ2n) is 4.69. The first-order valence-electron chi connectivity index (χ1n) is 6.61. The smallest absolute Gasteiger partial charge is 0.146 e. The molecule has 0 saturated carbocycles. The minimum absolute atomic E-state index is 0.159. The van der Waals surface area contributed by atoms with Crippen LogP contribution in [0.4, 0.5) is 10.1 Å². The maximum Gasteiger partial charge on any atom is 0.146 e. The van der Waals surface area contributed by atoms with Crippen molar-refractivity contribution in [1.82, 2.24) is 0 Å². The molecule has 0 aromatic heterocycles. The van der Waals surface area contributed by atoms with E-state index in [-0.39, 0.29) is 25.1 Å². The predicted octanol–water partition coefficient (Wildman–Crippen LogP) is 1.79. The Kier molecular flexibility index (Phi) is 5.57. The second-order valence-corrected chi connectivity index (χ2v) is 4.69. The number of rotatable bonds is 7. The highest BCUT2D eigenvalue weighted by Gasteiger charge is 2.16. The number of hydrogen-bond acceptors (Lipinski definition) is 4. The number of aliphatic hydroxyl groups is 1. The van der Waals surface area contributed by atoms with Gasteiger partial charge < -0.3 is 19.9 Å². The molecule has 19 heavy (non-hydrogen) atoms. The van der Waals surface area contributed by atoms with Gasteiger partial charge in [0.25, 0.3) is 0 Å². The van der Waals surface area contributed by atoms with Gasteiger partial charge in [0.1, 0.15) is 5.82 Å². The average molecular weight is 269 g/mol. The first kappa shape index (κ1) is 14.2. The van der Waals surface area contributed by atoms with Crippen LogP contribution in [0.15, 0.2) is 24.3 Å². The number of nitrogens with one attached hydrogen (secondary N) is 1. The number of benzene rings is 1. The molecule has 2 rings (SSSR count). The molecule has 2 N–H and O–H groups in total. The summed E-state index contributed by atoms with van der Waals surface area (Å²) in [6.07, 6.45) is 1.59. The van der Waals surface area contributed by atoms with Gasteiger partial charge in [0.05, 0.1) is 31.1 Å². The lowest BCUT2D eigenvalue weighted by molar-refractivity contribution is -0.0137. The molecule has 2 unspecified atom stereocenters. The highest BCUT2D eigenvalue weighted by Crippen LogP contribution is 2.13. The molecule has 5 heteroatoms. The fraction of sp³-hybridized carbons (Fsp3) is 0.571. The lowest BCUT2D eigenvalue weighted by Crippen LogP contribution is -2.27. The Hall–Kier alpha value is -1.17. The van der Waals surface area contributed by atoms with E-state index in [0.717, 1.165) is 19.4 Å². The summed E-state index contributed by atoms with van der Waals surface area (Å²) in [5.74, 6) is -0.324. The van der Waals surface area contributed by atoms with Crippen LogP contribution in [0.25, 0.3) is 0 Å². The van der Waals surface area contributed by atoms with E-state index in [2.05, 4.69) is 5.32 Å².